The first-order valence-electron chi connectivity index (χ1n) is 11.0. The quantitative estimate of drug-likeness (QED) is 0.588. The molecule has 1 saturated heterocycles. The molecule has 164 valence electrons. The number of hydrogen-bond donors (Lipinski definition) is 0. The summed E-state index contributed by atoms with van der Waals surface area (Å²) in [7, 11) is 0. The van der Waals surface area contributed by atoms with Gasteiger partial charge in [-0.25, -0.2) is 0 Å². The SMILES string of the molecule is CCOc1ccc(-c2cc(C(=O)N3CCC(Cn4nc(C)cc4C)CC3)no2)cc1C. The Kier molecular flexibility index (Phi) is 6.11. The standard InChI is InChI=1S/C24H30N4O3/c1-5-30-22-7-6-20(12-16(22)2)23-14-21(26-31-23)24(29)27-10-8-19(9-11-27)15-28-18(4)13-17(3)25-28/h6-7,12-14,19H,5,8-11,15H2,1-4H3. The molecule has 1 amide bonds. The number of aryl methyl sites for hydroxylation is 3. The lowest BCUT2D eigenvalue weighted by molar-refractivity contribution is 0.0670. The van der Waals surface area contributed by atoms with Crippen molar-refractivity contribution in [2.24, 2.45) is 5.92 Å². The van der Waals surface area contributed by atoms with E-state index < -0.39 is 0 Å². The molecule has 4 rings (SSSR count). The average Bonchev–Trinajstić information content (AvgIpc) is 3.36. The Bertz CT molecular complexity index is 1060. The smallest absolute Gasteiger partial charge is 0.276 e. The van der Waals surface area contributed by atoms with Crippen LogP contribution in [-0.4, -0.2) is 45.4 Å². The molecule has 1 fully saturated rings. The first-order valence-corrected chi connectivity index (χ1v) is 11.0. The van der Waals surface area contributed by atoms with Crippen LogP contribution in [0.2, 0.25) is 0 Å². The van der Waals surface area contributed by atoms with Crippen molar-refractivity contribution in [1.82, 2.24) is 19.8 Å². The predicted octanol–water partition coefficient (Wildman–Crippen LogP) is 4.41. The number of carbonyl (C=O) groups is 1. The fraction of sp³-hybridized carbons (Fsp3) is 0.458. The zero-order valence-electron chi connectivity index (χ0n) is 18.7. The molecule has 1 aliphatic rings. The van der Waals surface area contributed by atoms with Crippen LogP contribution in [0.25, 0.3) is 11.3 Å². The summed E-state index contributed by atoms with van der Waals surface area (Å²) >= 11 is 0. The predicted molar refractivity (Wildman–Crippen MR) is 118 cm³/mol. The number of amides is 1. The van der Waals surface area contributed by atoms with Crippen molar-refractivity contribution < 1.29 is 14.1 Å². The van der Waals surface area contributed by atoms with E-state index in [1.165, 1.54) is 5.69 Å². The number of piperidine rings is 1. The fourth-order valence-corrected chi connectivity index (χ4v) is 4.22. The number of ether oxygens (including phenoxy) is 1. The number of aromatic nitrogens is 3. The second-order valence-electron chi connectivity index (χ2n) is 8.33. The van der Waals surface area contributed by atoms with Gasteiger partial charge in [-0.15, -0.1) is 0 Å². The van der Waals surface area contributed by atoms with E-state index in [0.717, 1.165) is 55.0 Å². The van der Waals surface area contributed by atoms with Gasteiger partial charge in [0.2, 0.25) is 0 Å². The zero-order valence-corrected chi connectivity index (χ0v) is 18.7. The number of rotatable bonds is 6. The molecule has 0 bridgehead atoms. The minimum Gasteiger partial charge on any atom is -0.494 e. The van der Waals surface area contributed by atoms with Crippen molar-refractivity contribution in [2.45, 2.75) is 47.1 Å². The van der Waals surface area contributed by atoms with E-state index in [1.54, 1.807) is 6.07 Å². The molecule has 0 atom stereocenters. The van der Waals surface area contributed by atoms with Crippen LogP contribution in [0.4, 0.5) is 0 Å². The third-order valence-electron chi connectivity index (χ3n) is 5.92. The van der Waals surface area contributed by atoms with Gasteiger partial charge >= 0.3 is 0 Å². The molecule has 1 aliphatic heterocycles. The topological polar surface area (TPSA) is 73.4 Å². The highest BCUT2D eigenvalue weighted by Gasteiger charge is 2.26. The summed E-state index contributed by atoms with van der Waals surface area (Å²) in [6.45, 7) is 11.1. The lowest BCUT2D eigenvalue weighted by Crippen LogP contribution is -2.39. The van der Waals surface area contributed by atoms with E-state index in [9.17, 15) is 4.79 Å². The molecule has 0 aliphatic carbocycles. The van der Waals surface area contributed by atoms with Crippen molar-refractivity contribution in [3.05, 3.63) is 53.0 Å². The maximum atomic E-state index is 12.9. The van der Waals surface area contributed by atoms with Gasteiger partial charge in [0.15, 0.2) is 11.5 Å². The Morgan fingerprint density at radius 3 is 2.58 bits per heavy atom. The summed E-state index contributed by atoms with van der Waals surface area (Å²) in [5.41, 5.74) is 4.51. The number of carbonyl (C=O) groups excluding carboxylic acids is 1. The van der Waals surface area contributed by atoms with Gasteiger partial charge in [0.1, 0.15) is 5.75 Å². The second-order valence-corrected chi connectivity index (χ2v) is 8.33. The van der Waals surface area contributed by atoms with Gasteiger partial charge in [-0.2, -0.15) is 5.10 Å². The molecule has 7 heteroatoms. The summed E-state index contributed by atoms with van der Waals surface area (Å²) < 4.78 is 13.2. The van der Waals surface area contributed by atoms with Crippen molar-refractivity contribution in [1.29, 1.82) is 0 Å². The van der Waals surface area contributed by atoms with E-state index >= 15 is 0 Å². The third kappa shape index (κ3) is 4.65. The normalized spacial score (nSPS) is 14.8. The van der Waals surface area contributed by atoms with Crippen LogP contribution in [0.15, 0.2) is 34.9 Å². The van der Waals surface area contributed by atoms with Crippen LogP contribution in [0.1, 0.15) is 47.2 Å². The Labute approximate surface area is 183 Å². The Morgan fingerprint density at radius 2 is 1.94 bits per heavy atom. The van der Waals surface area contributed by atoms with Crippen LogP contribution < -0.4 is 4.74 Å². The molecule has 1 aromatic carbocycles. The van der Waals surface area contributed by atoms with Gasteiger partial charge in [0.25, 0.3) is 5.91 Å². The summed E-state index contributed by atoms with van der Waals surface area (Å²) in [4.78, 5) is 14.8. The van der Waals surface area contributed by atoms with Crippen LogP contribution in [0.3, 0.4) is 0 Å². The lowest BCUT2D eigenvalue weighted by Gasteiger charge is -2.31. The molecular formula is C24H30N4O3. The van der Waals surface area contributed by atoms with Crippen LogP contribution in [-0.2, 0) is 6.54 Å². The van der Waals surface area contributed by atoms with E-state index in [0.29, 0.717) is 24.0 Å². The van der Waals surface area contributed by atoms with Crippen LogP contribution in [0.5, 0.6) is 5.75 Å². The number of nitrogens with zero attached hydrogens (tertiary/aromatic N) is 4. The number of hydrogen-bond acceptors (Lipinski definition) is 5. The van der Waals surface area contributed by atoms with E-state index in [1.807, 2.05) is 43.9 Å². The van der Waals surface area contributed by atoms with E-state index in [2.05, 4.69) is 27.9 Å². The minimum absolute atomic E-state index is 0.0674. The summed E-state index contributed by atoms with van der Waals surface area (Å²) in [6.07, 6.45) is 1.93. The van der Waals surface area contributed by atoms with Crippen molar-refractivity contribution in [3.63, 3.8) is 0 Å². The molecule has 0 unspecified atom stereocenters. The Morgan fingerprint density at radius 1 is 1.16 bits per heavy atom. The van der Waals surface area contributed by atoms with E-state index in [-0.39, 0.29) is 5.91 Å². The summed E-state index contributed by atoms with van der Waals surface area (Å²) in [5, 5.41) is 8.61. The summed E-state index contributed by atoms with van der Waals surface area (Å²) in [6, 6.07) is 9.68. The zero-order chi connectivity index (χ0) is 22.0. The molecular weight excluding hydrogens is 392 g/mol. The van der Waals surface area contributed by atoms with Crippen LogP contribution >= 0.6 is 0 Å². The molecule has 0 radical (unpaired) electrons. The van der Waals surface area contributed by atoms with Gasteiger partial charge in [-0.3, -0.25) is 9.48 Å². The molecule has 3 aromatic rings. The monoisotopic (exact) mass is 422 g/mol. The first kappa shape index (κ1) is 21.2. The molecule has 31 heavy (non-hydrogen) atoms. The number of benzene rings is 1. The maximum Gasteiger partial charge on any atom is 0.276 e. The van der Waals surface area contributed by atoms with E-state index in [4.69, 9.17) is 9.26 Å². The van der Waals surface area contributed by atoms with Crippen molar-refractivity contribution in [2.75, 3.05) is 19.7 Å². The largest absolute Gasteiger partial charge is 0.494 e. The second kappa shape index (κ2) is 8.96. The highest BCUT2D eigenvalue weighted by molar-refractivity contribution is 5.93. The van der Waals surface area contributed by atoms with Gasteiger partial charge in [-0.1, -0.05) is 5.16 Å². The molecule has 0 spiro atoms. The highest BCUT2D eigenvalue weighted by atomic mass is 16.5. The first-order chi connectivity index (χ1) is 14.9. The van der Waals surface area contributed by atoms with Crippen molar-refractivity contribution >= 4 is 5.91 Å². The maximum absolute atomic E-state index is 12.9. The molecule has 7 nitrogen and oxygen atoms in total. The fourth-order valence-electron chi connectivity index (χ4n) is 4.22. The minimum atomic E-state index is -0.0674. The molecule has 3 heterocycles. The van der Waals surface area contributed by atoms with Gasteiger partial charge in [-0.05, 0) is 76.3 Å². The van der Waals surface area contributed by atoms with Crippen LogP contribution in [0, 0.1) is 26.7 Å². The summed E-state index contributed by atoms with van der Waals surface area (Å²) in [5.74, 6) is 1.91. The molecule has 2 aromatic heterocycles. The Balaban J connectivity index is 1.37. The highest BCUT2D eigenvalue weighted by Crippen LogP contribution is 2.28. The Hall–Kier alpha value is -3.09. The number of likely N-dealkylation sites (tertiary alicyclic amines) is 1. The van der Waals surface area contributed by atoms with Gasteiger partial charge in [0.05, 0.1) is 12.3 Å². The third-order valence-corrected chi connectivity index (χ3v) is 5.92. The molecule has 0 saturated carbocycles. The van der Waals surface area contributed by atoms with Crippen molar-refractivity contribution in [3.8, 4) is 17.1 Å². The molecule has 0 N–H and O–H groups in total. The lowest BCUT2D eigenvalue weighted by atomic mass is 9.96. The van der Waals surface area contributed by atoms with Gasteiger partial charge < -0.3 is 14.2 Å². The average molecular weight is 423 g/mol. The van der Waals surface area contributed by atoms with Gasteiger partial charge in [0, 0.05) is 37.0 Å².